The molecule has 0 saturated heterocycles. The van der Waals surface area contributed by atoms with Crippen LogP contribution in [0, 0.1) is 6.92 Å². The highest BCUT2D eigenvalue weighted by atomic mass is 32.1. The van der Waals surface area contributed by atoms with Gasteiger partial charge in [0.05, 0.1) is 7.11 Å². The Morgan fingerprint density at radius 3 is 2.48 bits per heavy atom. The van der Waals surface area contributed by atoms with Gasteiger partial charge in [0.2, 0.25) is 0 Å². The first-order chi connectivity index (χ1) is 13.0. The Kier molecular flexibility index (Phi) is 5.72. The Labute approximate surface area is 162 Å². The normalized spacial score (nSPS) is 10.5. The van der Waals surface area contributed by atoms with E-state index in [1.807, 2.05) is 54.8 Å². The maximum absolute atomic E-state index is 12.6. The monoisotopic (exact) mass is 379 g/mol. The fourth-order valence-corrected chi connectivity index (χ4v) is 3.80. The van der Waals surface area contributed by atoms with Gasteiger partial charge in [0.1, 0.15) is 10.6 Å². The van der Waals surface area contributed by atoms with Crippen molar-refractivity contribution >= 4 is 28.2 Å². The number of nitrogens with one attached hydrogen (secondary N) is 1. The van der Waals surface area contributed by atoms with Crippen LogP contribution in [0.25, 0.3) is 11.1 Å². The molecular weight excluding hydrogens is 358 g/mol. The number of thiophene rings is 1. The van der Waals surface area contributed by atoms with E-state index < -0.39 is 5.97 Å². The number of hydrogen-bond acceptors (Lipinski definition) is 4. The molecule has 0 aliphatic carbocycles. The predicted octanol–water partition coefficient (Wildman–Crippen LogP) is 5.32. The number of amides is 1. The fraction of sp³-hybridized carbons (Fsp3) is 0.182. The standard InChI is InChI=1S/C22H21NO3S/c1-4-15-8-10-16(11-9-15)18-13-27-21(19(18)22(25)26-3)23-20(24)17-7-5-6-14(2)12-17/h5-13H,4H2,1-3H3,(H,23,24). The predicted molar refractivity (Wildman–Crippen MR) is 110 cm³/mol. The molecule has 0 saturated carbocycles. The molecule has 138 valence electrons. The summed E-state index contributed by atoms with van der Waals surface area (Å²) in [5.41, 5.74) is 4.83. The quantitative estimate of drug-likeness (QED) is 0.610. The summed E-state index contributed by atoms with van der Waals surface area (Å²) in [6.07, 6.45) is 0.950. The van der Waals surface area contributed by atoms with E-state index in [0.29, 0.717) is 16.1 Å². The highest BCUT2D eigenvalue weighted by Crippen LogP contribution is 2.36. The zero-order valence-electron chi connectivity index (χ0n) is 15.5. The van der Waals surface area contributed by atoms with Crippen LogP contribution >= 0.6 is 11.3 Å². The van der Waals surface area contributed by atoms with Crippen LogP contribution in [0.5, 0.6) is 0 Å². The van der Waals surface area contributed by atoms with Gasteiger partial charge in [-0.1, -0.05) is 48.9 Å². The molecular formula is C22H21NO3S. The Hall–Kier alpha value is -2.92. The Balaban J connectivity index is 1.97. The van der Waals surface area contributed by atoms with Crippen molar-refractivity contribution in [2.24, 2.45) is 0 Å². The van der Waals surface area contributed by atoms with Crippen molar-refractivity contribution in [2.75, 3.05) is 12.4 Å². The minimum atomic E-state index is -0.467. The molecule has 1 aromatic heterocycles. The number of ether oxygens (including phenoxy) is 1. The van der Waals surface area contributed by atoms with Gasteiger partial charge in [-0.05, 0) is 36.6 Å². The highest BCUT2D eigenvalue weighted by Gasteiger charge is 2.22. The van der Waals surface area contributed by atoms with Crippen molar-refractivity contribution in [2.45, 2.75) is 20.3 Å². The smallest absolute Gasteiger partial charge is 0.341 e. The van der Waals surface area contributed by atoms with E-state index in [2.05, 4.69) is 12.2 Å². The molecule has 27 heavy (non-hydrogen) atoms. The van der Waals surface area contributed by atoms with Gasteiger partial charge in [0, 0.05) is 16.5 Å². The molecule has 2 aromatic carbocycles. The van der Waals surface area contributed by atoms with E-state index in [-0.39, 0.29) is 5.91 Å². The number of aryl methyl sites for hydroxylation is 2. The Bertz CT molecular complexity index is 973. The lowest BCUT2D eigenvalue weighted by Crippen LogP contribution is -2.14. The first-order valence-electron chi connectivity index (χ1n) is 8.70. The number of benzene rings is 2. The van der Waals surface area contributed by atoms with Gasteiger partial charge in [0.25, 0.3) is 5.91 Å². The van der Waals surface area contributed by atoms with Gasteiger partial charge in [-0.3, -0.25) is 4.79 Å². The number of carbonyl (C=O) groups excluding carboxylic acids is 2. The van der Waals surface area contributed by atoms with E-state index in [4.69, 9.17) is 4.74 Å². The first kappa shape index (κ1) is 18.9. The van der Waals surface area contributed by atoms with E-state index in [1.54, 1.807) is 6.07 Å². The van der Waals surface area contributed by atoms with Crippen molar-refractivity contribution in [3.05, 3.63) is 76.2 Å². The van der Waals surface area contributed by atoms with Gasteiger partial charge in [0.15, 0.2) is 0 Å². The molecule has 0 spiro atoms. The minimum Gasteiger partial charge on any atom is -0.465 e. The van der Waals surface area contributed by atoms with Crippen LogP contribution in [0.1, 0.15) is 38.8 Å². The van der Waals surface area contributed by atoms with E-state index in [0.717, 1.165) is 23.1 Å². The molecule has 0 atom stereocenters. The average Bonchev–Trinajstić information content (AvgIpc) is 3.10. The Morgan fingerprint density at radius 2 is 1.85 bits per heavy atom. The second-order valence-corrected chi connectivity index (χ2v) is 7.10. The summed E-state index contributed by atoms with van der Waals surface area (Å²) >= 11 is 1.32. The maximum atomic E-state index is 12.6. The summed E-state index contributed by atoms with van der Waals surface area (Å²) < 4.78 is 4.97. The van der Waals surface area contributed by atoms with Gasteiger partial charge in [-0.25, -0.2) is 4.79 Å². The number of esters is 1. The molecule has 4 nitrogen and oxygen atoms in total. The van der Waals surface area contributed by atoms with Crippen LogP contribution in [0.15, 0.2) is 53.9 Å². The third-order valence-corrected chi connectivity index (χ3v) is 5.26. The van der Waals surface area contributed by atoms with E-state index in [9.17, 15) is 9.59 Å². The van der Waals surface area contributed by atoms with Gasteiger partial charge in [-0.2, -0.15) is 0 Å². The zero-order valence-corrected chi connectivity index (χ0v) is 16.4. The maximum Gasteiger partial charge on any atom is 0.341 e. The van der Waals surface area contributed by atoms with Crippen LogP contribution in [0.4, 0.5) is 5.00 Å². The molecule has 5 heteroatoms. The number of hydrogen-bond donors (Lipinski definition) is 1. The van der Waals surface area contributed by atoms with Crippen molar-refractivity contribution in [3.63, 3.8) is 0 Å². The third kappa shape index (κ3) is 4.09. The average molecular weight is 379 g/mol. The molecule has 0 aliphatic heterocycles. The lowest BCUT2D eigenvalue weighted by atomic mass is 10.0. The molecule has 0 bridgehead atoms. The fourth-order valence-electron chi connectivity index (χ4n) is 2.85. The molecule has 0 radical (unpaired) electrons. The molecule has 0 fully saturated rings. The van der Waals surface area contributed by atoms with Crippen LogP contribution in [-0.4, -0.2) is 19.0 Å². The van der Waals surface area contributed by atoms with Crippen molar-refractivity contribution in [3.8, 4) is 11.1 Å². The molecule has 0 unspecified atom stereocenters. The minimum absolute atomic E-state index is 0.251. The molecule has 1 heterocycles. The van der Waals surface area contributed by atoms with Crippen LogP contribution in [0.2, 0.25) is 0 Å². The second kappa shape index (κ2) is 8.18. The summed E-state index contributed by atoms with van der Waals surface area (Å²) in [5, 5.41) is 5.22. The number of methoxy groups -OCH3 is 1. The summed E-state index contributed by atoms with van der Waals surface area (Å²) in [6, 6.07) is 15.4. The topological polar surface area (TPSA) is 55.4 Å². The van der Waals surface area contributed by atoms with Gasteiger partial charge in [-0.15, -0.1) is 11.3 Å². The largest absolute Gasteiger partial charge is 0.465 e. The van der Waals surface area contributed by atoms with Crippen molar-refractivity contribution in [1.29, 1.82) is 0 Å². The number of rotatable bonds is 5. The van der Waals surface area contributed by atoms with Crippen molar-refractivity contribution < 1.29 is 14.3 Å². The lowest BCUT2D eigenvalue weighted by molar-refractivity contribution is 0.0603. The zero-order chi connectivity index (χ0) is 19.4. The van der Waals surface area contributed by atoms with Gasteiger partial charge >= 0.3 is 5.97 Å². The molecule has 1 N–H and O–H groups in total. The lowest BCUT2D eigenvalue weighted by Gasteiger charge is -2.08. The summed E-state index contributed by atoms with van der Waals surface area (Å²) in [7, 11) is 1.34. The highest BCUT2D eigenvalue weighted by molar-refractivity contribution is 7.15. The third-order valence-electron chi connectivity index (χ3n) is 4.36. The Morgan fingerprint density at radius 1 is 1.11 bits per heavy atom. The molecule has 0 aliphatic rings. The van der Waals surface area contributed by atoms with Crippen LogP contribution in [-0.2, 0) is 11.2 Å². The molecule has 1 amide bonds. The second-order valence-electron chi connectivity index (χ2n) is 6.22. The molecule has 3 rings (SSSR count). The van der Waals surface area contributed by atoms with E-state index >= 15 is 0 Å². The van der Waals surface area contributed by atoms with Crippen LogP contribution < -0.4 is 5.32 Å². The summed E-state index contributed by atoms with van der Waals surface area (Å²) in [5.74, 6) is -0.719. The number of carbonyl (C=O) groups is 2. The van der Waals surface area contributed by atoms with Gasteiger partial charge < -0.3 is 10.1 Å². The molecule has 3 aromatic rings. The summed E-state index contributed by atoms with van der Waals surface area (Å²) in [4.78, 5) is 25.0. The summed E-state index contributed by atoms with van der Waals surface area (Å²) in [6.45, 7) is 4.03. The first-order valence-corrected chi connectivity index (χ1v) is 9.58. The van der Waals surface area contributed by atoms with E-state index in [1.165, 1.54) is 24.0 Å². The SMILES string of the molecule is CCc1ccc(-c2csc(NC(=O)c3cccc(C)c3)c2C(=O)OC)cc1. The van der Waals surface area contributed by atoms with Crippen molar-refractivity contribution in [1.82, 2.24) is 0 Å². The van der Waals surface area contributed by atoms with Crippen LogP contribution in [0.3, 0.4) is 0 Å². The number of anilines is 1.